The normalized spacial score (nSPS) is 13.2. The summed E-state index contributed by atoms with van der Waals surface area (Å²) >= 11 is 0. The molecule has 0 spiro atoms. The van der Waals surface area contributed by atoms with Crippen LogP contribution in [0.3, 0.4) is 0 Å². The number of hydrogen-bond acceptors (Lipinski definition) is 2. The van der Waals surface area contributed by atoms with E-state index in [-0.39, 0.29) is 0 Å². The third-order valence-electron chi connectivity index (χ3n) is 2.78. The Morgan fingerprint density at radius 3 is 2.15 bits per heavy atom. The number of allylic oxidation sites excluding steroid dienone is 5. The summed E-state index contributed by atoms with van der Waals surface area (Å²) in [5.74, 6) is -1.82. The fourth-order valence-corrected chi connectivity index (χ4v) is 1.57. The average molecular weight is 278 g/mol. The maximum Gasteiger partial charge on any atom is 0.331 e. The molecule has 0 rings (SSSR count). The van der Waals surface area contributed by atoms with Gasteiger partial charge in [0.05, 0.1) is 0 Å². The highest BCUT2D eigenvalue weighted by Gasteiger charge is 2.02. The standard InChI is InChI=1S/C16H22O4/c1-4-8-14(11-13(3)16(19)20)10-7-5-6-9-12(2)15(17)18/h4,8-9,11H,1,5-7,10H2,2-3H3,(H,17,18)(H,19,20). The van der Waals surface area contributed by atoms with Crippen molar-refractivity contribution in [1.82, 2.24) is 0 Å². The molecule has 4 nitrogen and oxygen atoms in total. The lowest BCUT2D eigenvalue weighted by Gasteiger charge is -2.02. The molecule has 0 heterocycles. The Hall–Kier alpha value is -2.10. The molecular formula is C16H22O4. The highest BCUT2D eigenvalue weighted by atomic mass is 16.4. The second-order valence-electron chi connectivity index (χ2n) is 4.55. The average Bonchev–Trinajstić information content (AvgIpc) is 2.37. The predicted octanol–water partition coefficient (Wildman–Crippen LogP) is 3.72. The molecule has 0 aromatic heterocycles. The van der Waals surface area contributed by atoms with Crippen molar-refractivity contribution in [3.63, 3.8) is 0 Å². The van der Waals surface area contributed by atoms with E-state index in [2.05, 4.69) is 6.58 Å². The third kappa shape index (κ3) is 8.08. The zero-order chi connectivity index (χ0) is 15.5. The van der Waals surface area contributed by atoms with Crippen LogP contribution < -0.4 is 0 Å². The van der Waals surface area contributed by atoms with Gasteiger partial charge in [0.15, 0.2) is 0 Å². The first-order valence-electron chi connectivity index (χ1n) is 6.51. The molecule has 0 aliphatic carbocycles. The van der Waals surface area contributed by atoms with E-state index in [0.29, 0.717) is 17.6 Å². The summed E-state index contributed by atoms with van der Waals surface area (Å²) in [6, 6.07) is 0. The van der Waals surface area contributed by atoms with Gasteiger partial charge < -0.3 is 10.2 Å². The molecule has 0 atom stereocenters. The lowest BCUT2D eigenvalue weighted by molar-refractivity contribution is -0.133. The Kier molecular flexibility index (Phi) is 8.75. The van der Waals surface area contributed by atoms with Crippen LogP contribution in [0.1, 0.15) is 39.5 Å². The lowest BCUT2D eigenvalue weighted by atomic mass is 10.0. The molecule has 0 aliphatic heterocycles. The zero-order valence-electron chi connectivity index (χ0n) is 12.1. The summed E-state index contributed by atoms with van der Waals surface area (Å²) in [5.41, 5.74) is 1.56. The van der Waals surface area contributed by atoms with Gasteiger partial charge in [-0.25, -0.2) is 9.59 Å². The van der Waals surface area contributed by atoms with Crippen LogP contribution in [0.25, 0.3) is 0 Å². The van der Waals surface area contributed by atoms with Crippen molar-refractivity contribution in [2.75, 3.05) is 0 Å². The van der Waals surface area contributed by atoms with E-state index in [9.17, 15) is 9.59 Å². The van der Waals surface area contributed by atoms with Gasteiger partial charge in [0.2, 0.25) is 0 Å². The fraction of sp³-hybridized carbons (Fsp3) is 0.375. The van der Waals surface area contributed by atoms with E-state index >= 15 is 0 Å². The van der Waals surface area contributed by atoms with Crippen molar-refractivity contribution in [3.05, 3.63) is 47.6 Å². The van der Waals surface area contributed by atoms with Crippen LogP contribution in [0.4, 0.5) is 0 Å². The van der Waals surface area contributed by atoms with E-state index in [0.717, 1.165) is 24.8 Å². The molecule has 4 heteroatoms. The van der Waals surface area contributed by atoms with Crippen LogP contribution >= 0.6 is 0 Å². The first-order valence-corrected chi connectivity index (χ1v) is 6.51. The molecule has 0 bridgehead atoms. The van der Waals surface area contributed by atoms with Crippen LogP contribution in [0, 0.1) is 0 Å². The van der Waals surface area contributed by atoms with Gasteiger partial charge in [-0.05, 0) is 51.2 Å². The van der Waals surface area contributed by atoms with Crippen LogP contribution in [-0.4, -0.2) is 22.2 Å². The Morgan fingerprint density at radius 1 is 1.05 bits per heavy atom. The van der Waals surface area contributed by atoms with Crippen molar-refractivity contribution >= 4 is 11.9 Å². The molecule has 0 aliphatic rings. The Morgan fingerprint density at radius 2 is 1.65 bits per heavy atom. The van der Waals surface area contributed by atoms with E-state index in [1.54, 1.807) is 38.2 Å². The number of unbranched alkanes of at least 4 members (excludes halogenated alkanes) is 2. The maximum absolute atomic E-state index is 10.8. The molecule has 2 N–H and O–H groups in total. The van der Waals surface area contributed by atoms with Gasteiger partial charge in [0.1, 0.15) is 0 Å². The summed E-state index contributed by atoms with van der Waals surface area (Å²) < 4.78 is 0. The highest BCUT2D eigenvalue weighted by molar-refractivity contribution is 5.86. The van der Waals surface area contributed by atoms with Crippen LogP contribution in [0.5, 0.6) is 0 Å². The molecule has 0 radical (unpaired) electrons. The second kappa shape index (κ2) is 9.78. The third-order valence-corrected chi connectivity index (χ3v) is 2.78. The van der Waals surface area contributed by atoms with E-state index in [1.165, 1.54) is 0 Å². The number of rotatable bonds is 9. The smallest absolute Gasteiger partial charge is 0.331 e. The van der Waals surface area contributed by atoms with Crippen LogP contribution in [0.15, 0.2) is 47.6 Å². The van der Waals surface area contributed by atoms with Gasteiger partial charge in [-0.1, -0.05) is 24.8 Å². The van der Waals surface area contributed by atoms with Crippen molar-refractivity contribution in [3.8, 4) is 0 Å². The number of carboxylic acids is 2. The van der Waals surface area contributed by atoms with Crippen molar-refractivity contribution in [1.29, 1.82) is 0 Å². The first-order chi connectivity index (χ1) is 9.38. The molecule has 0 aromatic carbocycles. The van der Waals surface area contributed by atoms with Crippen molar-refractivity contribution in [2.24, 2.45) is 0 Å². The van der Waals surface area contributed by atoms with Gasteiger partial charge in [-0.3, -0.25) is 0 Å². The Labute approximate surface area is 119 Å². The summed E-state index contributed by atoms with van der Waals surface area (Å²) in [4.78, 5) is 21.4. The molecule has 0 fully saturated rings. The first kappa shape index (κ1) is 17.9. The molecule has 0 unspecified atom stereocenters. The fourth-order valence-electron chi connectivity index (χ4n) is 1.57. The number of carboxylic acid groups (broad SMARTS) is 2. The minimum absolute atomic E-state index is 0.291. The van der Waals surface area contributed by atoms with E-state index in [1.807, 2.05) is 0 Å². The molecule has 0 aromatic rings. The molecule has 0 saturated heterocycles. The molecule has 0 saturated carbocycles. The summed E-state index contributed by atoms with van der Waals surface area (Å²) in [5, 5.41) is 17.5. The van der Waals surface area contributed by atoms with E-state index < -0.39 is 11.9 Å². The molecule has 110 valence electrons. The summed E-state index contributed by atoms with van der Waals surface area (Å²) in [7, 11) is 0. The van der Waals surface area contributed by atoms with Gasteiger partial charge >= 0.3 is 11.9 Å². The van der Waals surface area contributed by atoms with Crippen molar-refractivity contribution in [2.45, 2.75) is 39.5 Å². The van der Waals surface area contributed by atoms with Gasteiger partial charge in [-0.2, -0.15) is 0 Å². The largest absolute Gasteiger partial charge is 0.478 e. The SMILES string of the molecule is C=CC=C(C=C(C)C(=O)O)CCCCC=C(C)C(=O)O. The summed E-state index contributed by atoms with van der Waals surface area (Å²) in [6.45, 7) is 6.74. The molecule has 20 heavy (non-hydrogen) atoms. The van der Waals surface area contributed by atoms with Gasteiger partial charge in [-0.15, -0.1) is 0 Å². The Bertz CT molecular complexity index is 453. The topological polar surface area (TPSA) is 74.6 Å². The van der Waals surface area contributed by atoms with Gasteiger partial charge in [0.25, 0.3) is 0 Å². The monoisotopic (exact) mass is 278 g/mol. The minimum atomic E-state index is -0.931. The Balaban J connectivity index is 4.32. The number of hydrogen-bond donors (Lipinski definition) is 2. The minimum Gasteiger partial charge on any atom is -0.478 e. The predicted molar refractivity (Wildman–Crippen MR) is 79.5 cm³/mol. The van der Waals surface area contributed by atoms with Gasteiger partial charge in [0, 0.05) is 11.1 Å². The molecular weight excluding hydrogens is 256 g/mol. The van der Waals surface area contributed by atoms with Crippen LogP contribution in [0.2, 0.25) is 0 Å². The number of carbonyl (C=O) groups is 2. The van der Waals surface area contributed by atoms with Crippen LogP contribution in [-0.2, 0) is 9.59 Å². The van der Waals surface area contributed by atoms with Crippen molar-refractivity contribution < 1.29 is 19.8 Å². The highest BCUT2D eigenvalue weighted by Crippen LogP contribution is 2.14. The zero-order valence-corrected chi connectivity index (χ0v) is 12.1. The number of aliphatic carboxylic acids is 2. The second-order valence-corrected chi connectivity index (χ2v) is 4.55. The van der Waals surface area contributed by atoms with E-state index in [4.69, 9.17) is 10.2 Å². The lowest BCUT2D eigenvalue weighted by Crippen LogP contribution is -1.97. The molecule has 0 amide bonds. The quantitative estimate of drug-likeness (QED) is 0.383. The maximum atomic E-state index is 10.8. The summed E-state index contributed by atoms with van der Waals surface area (Å²) in [6.07, 6.45) is 9.96.